The van der Waals surface area contributed by atoms with E-state index in [0.717, 1.165) is 4.31 Å². The Labute approximate surface area is 129 Å². The van der Waals surface area contributed by atoms with E-state index < -0.39 is 22.4 Å². The van der Waals surface area contributed by atoms with Gasteiger partial charge in [0.1, 0.15) is 4.99 Å². The average Bonchev–Trinajstić information content (AvgIpc) is 2.36. The highest BCUT2D eigenvalue weighted by atomic mass is 32.2. The number of benzene rings is 1. The van der Waals surface area contributed by atoms with Gasteiger partial charge >= 0.3 is 16.3 Å². The summed E-state index contributed by atoms with van der Waals surface area (Å²) >= 11 is 4.84. The standard InChI is InChI=1S/C12H17N3O4S2/c1-8(2)19-12(16)14-21(17,18)15(3)10-6-4-5-9(7-10)11(13)20/h4-8H,1-3H3,(H2,13,20)(H,14,16). The summed E-state index contributed by atoms with van der Waals surface area (Å²) in [4.78, 5) is 11.5. The number of rotatable bonds is 5. The Balaban J connectivity index is 2.95. The number of hydrogen-bond acceptors (Lipinski definition) is 5. The van der Waals surface area contributed by atoms with Crippen molar-refractivity contribution in [1.29, 1.82) is 0 Å². The van der Waals surface area contributed by atoms with Crippen LogP contribution in [0.3, 0.4) is 0 Å². The van der Waals surface area contributed by atoms with Crippen molar-refractivity contribution in [2.24, 2.45) is 5.73 Å². The lowest BCUT2D eigenvalue weighted by Gasteiger charge is -2.20. The van der Waals surface area contributed by atoms with Gasteiger partial charge in [0.2, 0.25) is 0 Å². The van der Waals surface area contributed by atoms with E-state index in [1.807, 2.05) is 4.72 Å². The predicted octanol–water partition coefficient (Wildman–Crippen LogP) is 1.14. The van der Waals surface area contributed by atoms with E-state index >= 15 is 0 Å². The van der Waals surface area contributed by atoms with Crippen molar-refractivity contribution in [2.75, 3.05) is 11.4 Å². The van der Waals surface area contributed by atoms with Crippen LogP contribution >= 0.6 is 12.2 Å². The summed E-state index contributed by atoms with van der Waals surface area (Å²) in [6.45, 7) is 3.23. The third-order valence-corrected chi connectivity index (χ3v) is 4.00. The first-order valence-corrected chi connectivity index (χ1v) is 7.85. The van der Waals surface area contributed by atoms with Crippen LogP contribution in [-0.2, 0) is 14.9 Å². The third kappa shape index (κ3) is 4.87. The van der Waals surface area contributed by atoms with Crippen molar-refractivity contribution < 1.29 is 17.9 Å². The number of anilines is 1. The molecule has 0 heterocycles. The summed E-state index contributed by atoms with van der Waals surface area (Å²) < 4.78 is 31.6. The zero-order chi connectivity index (χ0) is 16.2. The Kier molecular flexibility index (Phi) is 5.50. The van der Waals surface area contributed by atoms with Crippen molar-refractivity contribution in [3.8, 4) is 0 Å². The fourth-order valence-corrected chi connectivity index (χ4v) is 2.32. The largest absolute Gasteiger partial charge is 0.446 e. The maximum absolute atomic E-state index is 12.1. The lowest BCUT2D eigenvalue weighted by atomic mass is 10.2. The molecule has 1 amide bonds. The van der Waals surface area contributed by atoms with Crippen LogP contribution in [0.5, 0.6) is 0 Å². The van der Waals surface area contributed by atoms with Gasteiger partial charge in [-0.2, -0.15) is 8.42 Å². The summed E-state index contributed by atoms with van der Waals surface area (Å²) in [5.74, 6) is 0. The summed E-state index contributed by atoms with van der Waals surface area (Å²) in [7, 11) is -2.78. The first-order valence-electron chi connectivity index (χ1n) is 6.00. The molecule has 0 aliphatic heterocycles. The maximum Gasteiger partial charge on any atom is 0.422 e. The van der Waals surface area contributed by atoms with Gasteiger partial charge in [0.15, 0.2) is 0 Å². The Morgan fingerprint density at radius 3 is 2.57 bits per heavy atom. The van der Waals surface area contributed by atoms with Gasteiger partial charge in [-0.05, 0) is 26.0 Å². The minimum Gasteiger partial charge on any atom is -0.446 e. The summed E-state index contributed by atoms with van der Waals surface area (Å²) in [5.41, 5.74) is 6.33. The minimum atomic E-state index is -4.08. The van der Waals surface area contributed by atoms with Crippen molar-refractivity contribution in [1.82, 2.24) is 4.72 Å². The van der Waals surface area contributed by atoms with Crippen molar-refractivity contribution in [3.05, 3.63) is 29.8 Å². The topological polar surface area (TPSA) is 102 Å². The average molecular weight is 331 g/mol. The van der Waals surface area contributed by atoms with Crippen LogP contribution in [0.2, 0.25) is 0 Å². The molecule has 0 atom stereocenters. The number of amides is 1. The molecule has 0 fully saturated rings. The van der Waals surface area contributed by atoms with Crippen LogP contribution in [0.15, 0.2) is 24.3 Å². The smallest absolute Gasteiger partial charge is 0.422 e. The second-order valence-electron chi connectivity index (χ2n) is 4.44. The first kappa shape index (κ1) is 17.2. The highest BCUT2D eigenvalue weighted by Gasteiger charge is 2.22. The van der Waals surface area contributed by atoms with Gasteiger partial charge in [0, 0.05) is 12.6 Å². The lowest BCUT2D eigenvalue weighted by molar-refractivity contribution is 0.121. The van der Waals surface area contributed by atoms with E-state index in [4.69, 9.17) is 22.7 Å². The Morgan fingerprint density at radius 2 is 2.05 bits per heavy atom. The van der Waals surface area contributed by atoms with Crippen molar-refractivity contribution in [2.45, 2.75) is 20.0 Å². The van der Waals surface area contributed by atoms with Gasteiger partial charge in [0.05, 0.1) is 11.8 Å². The van der Waals surface area contributed by atoms with Crippen molar-refractivity contribution in [3.63, 3.8) is 0 Å². The van der Waals surface area contributed by atoms with Crippen LogP contribution < -0.4 is 14.8 Å². The summed E-state index contributed by atoms with van der Waals surface area (Å²) in [6.07, 6.45) is -1.47. The van der Waals surface area contributed by atoms with Gasteiger partial charge in [-0.1, -0.05) is 24.4 Å². The van der Waals surface area contributed by atoms with E-state index in [1.165, 1.54) is 13.1 Å². The lowest BCUT2D eigenvalue weighted by Crippen LogP contribution is -2.42. The molecule has 0 unspecified atom stereocenters. The molecule has 7 nitrogen and oxygen atoms in total. The number of nitrogens with one attached hydrogen (secondary N) is 1. The molecule has 3 N–H and O–H groups in total. The Hall–Kier alpha value is -1.87. The zero-order valence-electron chi connectivity index (χ0n) is 11.9. The van der Waals surface area contributed by atoms with E-state index in [-0.39, 0.29) is 4.99 Å². The van der Waals surface area contributed by atoms with Crippen LogP contribution in [0.4, 0.5) is 10.5 Å². The molecule has 0 bridgehead atoms. The van der Waals surface area contributed by atoms with E-state index in [9.17, 15) is 13.2 Å². The van der Waals surface area contributed by atoms with Crippen molar-refractivity contribution >= 4 is 39.2 Å². The SMILES string of the molecule is CC(C)OC(=O)NS(=O)(=O)N(C)c1cccc(C(N)=S)c1. The number of ether oxygens (including phenoxy) is 1. The molecule has 0 aromatic heterocycles. The molecular weight excluding hydrogens is 314 g/mol. The molecule has 0 saturated carbocycles. The molecule has 0 saturated heterocycles. The maximum atomic E-state index is 12.1. The number of thiocarbonyl (C=S) groups is 1. The quantitative estimate of drug-likeness (QED) is 0.785. The number of carbonyl (C=O) groups excluding carboxylic acids is 1. The molecule has 0 spiro atoms. The van der Waals surface area contributed by atoms with E-state index in [1.54, 1.807) is 32.0 Å². The highest BCUT2D eigenvalue weighted by Crippen LogP contribution is 2.17. The van der Waals surface area contributed by atoms with E-state index in [0.29, 0.717) is 11.3 Å². The second kappa shape index (κ2) is 6.72. The van der Waals surface area contributed by atoms with Crippen LogP contribution in [0, 0.1) is 0 Å². The van der Waals surface area contributed by atoms with Gasteiger partial charge in [-0.15, -0.1) is 0 Å². The van der Waals surface area contributed by atoms with Crippen LogP contribution in [0.1, 0.15) is 19.4 Å². The predicted molar refractivity (Wildman–Crippen MR) is 84.4 cm³/mol. The first-order chi connectivity index (χ1) is 9.63. The Bertz CT molecular complexity index is 644. The minimum absolute atomic E-state index is 0.148. The third-order valence-electron chi connectivity index (χ3n) is 2.41. The number of nitrogens with zero attached hydrogens (tertiary/aromatic N) is 1. The molecule has 1 aromatic rings. The van der Waals surface area contributed by atoms with Gasteiger partial charge in [-0.3, -0.25) is 4.31 Å². The van der Waals surface area contributed by atoms with Gasteiger partial charge in [0.25, 0.3) is 0 Å². The molecule has 0 aliphatic carbocycles. The summed E-state index contributed by atoms with van der Waals surface area (Å²) in [6, 6.07) is 6.33. The zero-order valence-corrected chi connectivity index (χ0v) is 13.5. The molecule has 9 heteroatoms. The normalized spacial score (nSPS) is 11.0. The number of carbonyl (C=O) groups is 1. The number of hydrogen-bond donors (Lipinski definition) is 2. The molecular formula is C12H17N3O4S2. The second-order valence-corrected chi connectivity index (χ2v) is 6.59. The molecule has 116 valence electrons. The monoisotopic (exact) mass is 331 g/mol. The van der Waals surface area contributed by atoms with Crippen LogP contribution in [0.25, 0.3) is 0 Å². The Morgan fingerprint density at radius 1 is 1.43 bits per heavy atom. The molecule has 1 rings (SSSR count). The molecule has 21 heavy (non-hydrogen) atoms. The molecule has 1 aromatic carbocycles. The van der Waals surface area contributed by atoms with Crippen LogP contribution in [-0.4, -0.2) is 32.7 Å². The fraction of sp³-hybridized carbons (Fsp3) is 0.333. The summed E-state index contributed by atoms with van der Waals surface area (Å²) in [5, 5.41) is 0. The number of nitrogens with two attached hydrogens (primary N) is 1. The molecule has 0 radical (unpaired) electrons. The van der Waals surface area contributed by atoms with Gasteiger partial charge in [-0.25, -0.2) is 9.52 Å². The highest BCUT2D eigenvalue weighted by molar-refractivity contribution is 7.91. The fourth-order valence-electron chi connectivity index (χ4n) is 1.41. The van der Waals surface area contributed by atoms with E-state index in [2.05, 4.69) is 0 Å². The molecule has 0 aliphatic rings. The van der Waals surface area contributed by atoms with Gasteiger partial charge < -0.3 is 10.5 Å².